The summed E-state index contributed by atoms with van der Waals surface area (Å²) in [6.07, 6.45) is -4.53. The third-order valence-corrected chi connectivity index (χ3v) is 2.84. The highest BCUT2D eigenvalue weighted by Crippen LogP contribution is 2.18. The van der Waals surface area contributed by atoms with Crippen molar-refractivity contribution < 1.29 is 17.9 Å². The van der Waals surface area contributed by atoms with Gasteiger partial charge < -0.3 is 5.32 Å². The first-order valence-corrected chi connectivity index (χ1v) is 5.34. The summed E-state index contributed by atoms with van der Waals surface area (Å²) in [5.74, 6) is 0. The van der Waals surface area contributed by atoms with Crippen molar-refractivity contribution in [1.29, 1.82) is 0 Å². The summed E-state index contributed by atoms with van der Waals surface area (Å²) in [5, 5.41) is 4.87. The van der Waals surface area contributed by atoms with Gasteiger partial charge in [0.2, 0.25) is 0 Å². The summed E-state index contributed by atoms with van der Waals surface area (Å²) in [5.41, 5.74) is 0. The number of halogens is 3. The lowest BCUT2D eigenvalue weighted by atomic mass is 10.3. The third kappa shape index (κ3) is 5.15. The molecule has 0 aliphatic rings. The monoisotopic (exact) mass is 239 g/mol. The average molecular weight is 239 g/mol. The van der Waals surface area contributed by atoms with Crippen molar-refractivity contribution in [2.45, 2.75) is 19.3 Å². The molecule has 1 N–H and O–H groups in total. The van der Waals surface area contributed by atoms with Gasteiger partial charge in [0, 0.05) is 17.5 Å². The number of hydrogen-bond acceptors (Lipinski definition) is 3. The Bertz CT molecular complexity index is 273. The molecule has 0 spiro atoms. The van der Waals surface area contributed by atoms with E-state index in [2.05, 4.69) is 10.1 Å². The Kier molecular flexibility index (Phi) is 4.56. The summed E-state index contributed by atoms with van der Waals surface area (Å²) >= 11 is 1.57. The molecule has 15 heavy (non-hydrogen) atoms. The zero-order chi connectivity index (χ0) is 11.3. The zero-order valence-corrected chi connectivity index (χ0v) is 8.99. The van der Waals surface area contributed by atoms with Crippen molar-refractivity contribution in [3.8, 4) is 0 Å². The van der Waals surface area contributed by atoms with Gasteiger partial charge in [0.15, 0.2) is 0 Å². The minimum Gasteiger partial charge on any atom is -0.307 e. The SMILES string of the molecule is C[C@@H](NCCOC(F)(F)F)c1cccs1. The molecule has 0 radical (unpaired) electrons. The molecule has 0 aliphatic carbocycles. The lowest BCUT2D eigenvalue weighted by Crippen LogP contribution is -2.26. The Labute approximate surface area is 90.1 Å². The van der Waals surface area contributed by atoms with E-state index >= 15 is 0 Å². The van der Waals surface area contributed by atoms with Crippen molar-refractivity contribution in [2.75, 3.05) is 13.2 Å². The van der Waals surface area contributed by atoms with Crippen molar-refractivity contribution in [3.05, 3.63) is 22.4 Å². The Hall–Kier alpha value is -0.590. The molecule has 1 rings (SSSR count). The van der Waals surface area contributed by atoms with Crippen LogP contribution in [0.15, 0.2) is 17.5 Å². The van der Waals surface area contributed by atoms with E-state index in [1.807, 2.05) is 24.4 Å². The van der Waals surface area contributed by atoms with Gasteiger partial charge in [-0.05, 0) is 18.4 Å². The minimum atomic E-state index is -4.53. The number of ether oxygens (including phenoxy) is 1. The van der Waals surface area contributed by atoms with Gasteiger partial charge in [-0.2, -0.15) is 0 Å². The molecule has 2 nitrogen and oxygen atoms in total. The number of rotatable bonds is 5. The molecule has 0 aliphatic heterocycles. The summed E-state index contributed by atoms with van der Waals surface area (Å²) in [6.45, 7) is 1.72. The smallest absolute Gasteiger partial charge is 0.307 e. The van der Waals surface area contributed by atoms with E-state index in [0.717, 1.165) is 4.88 Å². The second-order valence-electron chi connectivity index (χ2n) is 2.99. The van der Waals surface area contributed by atoms with Crippen LogP contribution >= 0.6 is 11.3 Å². The van der Waals surface area contributed by atoms with Crippen LogP contribution in [0, 0.1) is 0 Å². The molecule has 0 saturated carbocycles. The molecule has 6 heteroatoms. The van der Waals surface area contributed by atoms with Gasteiger partial charge in [-0.1, -0.05) is 6.07 Å². The lowest BCUT2D eigenvalue weighted by Gasteiger charge is -2.12. The van der Waals surface area contributed by atoms with Gasteiger partial charge in [0.25, 0.3) is 0 Å². The first kappa shape index (κ1) is 12.5. The van der Waals surface area contributed by atoms with Crippen molar-refractivity contribution in [2.24, 2.45) is 0 Å². The predicted molar refractivity (Wildman–Crippen MR) is 52.7 cm³/mol. The first-order chi connectivity index (χ1) is 6.99. The molecule has 0 amide bonds. The highest BCUT2D eigenvalue weighted by molar-refractivity contribution is 7.10. The molecule has 1 aromatic heterocycles. The second kappa shape index (κ2) is 5.48. The van der Waals surface area contributed by atoms with Gasteiger partial charge in [0.1, 0.15) is 0 Å². The first-order valence-electron chi connectivity index (χ1n) is 4.46. The molecule has 0 saturated heterocycles. The lowest BCUT2D eigenvalue weighted by molar-refractivity contribution is -0.323. The summed E-state index contributed by atoms with van der Waals surface area (Å²) in [4.78, 5) is 1.10. The van der Waals surface area contributed by atoms with Crippen molar-refractivity contribution in [3.63, 3.8) is 0 Å². The Morgan fingerprint density at radius 1 is 1.53 bits per heavy atom. The number of alkyl halides is 3. The molecular formula is C9H12F3NOS. The maximum absolute atomic E-state index is 11.6. The van der Waals surface area contributed by atoms with Crippen LogP contribution in [-0.2, 0) is 4.74 Å². The molecule has 86 valence electrons. The average Bonchev–Trinajstić information content (AvgIpc) is 2.63. The number of thiophene rings is 1. The summed E-state index contributed by atoms with van der Waals surface area (Å²) in [7, 11) is 0. The second-order valence-corrected chi connectivity index (χ2v) is 3.96. The largest absolute Gasteiger partial charge is 0.522 e. The molecule has 0 unspecified atom stereocenters. The maximum atomic E-state index is 11.6. The standard InChI is InChI=1S/C9H12F3NOS/c1-7(8-3-2-6-15-8)13-4-5-14-9(10,11)12/h2-3,6-7,13H,4-5H2,1H3/t7-/m1/s1. The van der Waals surface area contributed by atoms with Crippen LogP contribution in [0.2, 0.25) is 0 Å². The molecule has 1 aromatic rings. The van der Waals surface area contributed by atoms with E-state index in [1.165, 1.54) is 0 Å². The fourth-order valence-electron chi connectivity index (χ4n) is 1.08. The fourth-order valence-corrected chi connectivity index (χ4v) is 1.84. The normalized spacial score (nSPS) is 14.1. The Balaban J connectivity index is 2.16. The molecule has 1 heterocycles. The van der Waals surface area contributed by atoms with Crippen LogP contribution in [0.4, 0.5) is 13.2 Å². The Morgan fingerprint density at radius 2 is 2.27 bits per heavy atom. The highest BCUT2D eigenvalue weighted by atomic mass is 32.1. The molecule has 1 atom stereocenters. The van der Waals surface area contributed by atoms with Gasteiger partial charge >= 0.3 is 6.36 Å². The molecule has 0 aromatic carbocycles. The van der Waals surface area contributed by atoms with E-state index in [4.69, 9.17) is 0 Å². The predicted octanol–water partition coefficient (Wildman–Crippen LogP) is 2.94. The summed E-state index contributed by atoms with van der Waals surface area (Å²) in [6, 6.07) is 3.90. The highest BCUT2D eigenvalue weighted by Gasteiger charge is 2.28. The molecule has 0 fully saturated rings. The zero-order valence-electron chi connectivity index (χ0n) is 8.17. The van der Waals surface area contributed by atoms with Crippen LogP contribution in [0.5, 0.6) is 0 Å². The quantitative estimate of drug-likeness (QED) is 0.798. The van der Waals surface area contributed by atoms with Crippen LogP contribution in [0.3, 0.4) is 0 Å². The summed E-state index contributed by atoms with van der Waals surface area (Å²) < 4.78 is 38.5. The van der Waals surface area contributed by atoms with Crippen molar-refractivity contribution >= 4 is 11.3 Å². The number of nitrogens with one attached hydrogen (secondary N) is 1. The van der Waals surface area contributed by atoms with E-state index in [-0.39, 0.29) is 19.2 Å². The third-order valence-electron chi connectivity index (χ3n) is 1.79. The topological polar surface area (TPSA) is 21.3 Å². The van der Waals surface area contributed by atoms with Gasteiger partial charge in [-0.3, -0.25) is 4.74 Å². The molecule has 0 bridgehead atoms. The van der Waals surface area contributed by atoms with Crippen LogP contribution in [0.1, 0.15) is 17.8 Å². The van der Waals surface area contributed by atoms with E-state index in [0.29, 0.717) is 0 Å². The van der Waals surface area contributed by atoms with E-state index in [1.54, 1.807) is 11.3 Å². The fraction of sp³-hybridized carbons (Fsp3) is 0.556. The van der Waals surface area contributed by atoms with Crippen LogP contribution in [0.25, 0.3) is 0 Å². The maximum Gasteiger partial charge on any atom is 0.522 e. The van der Waals surface area contributed by atoms with Crippen LogP contribution < -0.4 is 5.32 Å². The van der Waals surface area contributed by atoms with E-state index in [9.17, 15) is 13.2 Å². The van der Waals surface area contributed by atoms with Crippen molar-refractivity contribution in [1.82, 2.24) is 5.32 Å². The molecular weight excluding hydrogens is 227 g/mol. The Morgan fingerprint density at radius 3 is 2.80 bits per heavy atom. The van der Waals surface area contributed by atoms with E-state index < -0.39 is 6.36 Å². The number of hydrogen-bond donors (Lipinski definition) is 1. The van der Waals surface area contributed by atoms with Crippen LogP contribution in [-0.4, -0.2) is 19.5 Å². The van der Waals surface area contributed by atoms with Gasteiger partial charge in [0.05, 0.1) is 6.61 Å². The van der Waals surface area contributed by atoms with Gasteiger partial charge in [-0.15, -0.1) is 24.5 Å². The minimum absolute atomic E-state index is 0.0573. The van der Waals surface area contributed by atoms with Gasteiger partial charge in [-0.25, -0.2) is 0 Å².